The molecule has 0 aliphatic carbocycles. The van der Waals surface area contributed by atoms with Crippen molar-refractivity contribution in [3.8, 4) is 11.5 Å². The first kappa shape index (κ1) is 14.4. The molecule has 2 aromatic rings. The molecule has 20 heavy (non-hydrogen) atoms. The van der Waals surface area contributed by atoms with Crippen molar-refractivity contribution in [1.29, 1.82) is 0 Å². The summed E-state index contributed by atoms with van der Waals surface area (Å²) in [6.45, 7) is 5.40. The van der Waals surface area contributed by atoms with Crippen molar-refractivity contribution in [2.75, 3.05) is 13.2 Å². The van der Waals surface area contributed by atoms with Crippen molar-refractivity contribution in [3.63, 3.8) is 0 Å². The van der Waals surface area contributed by atoms with Crippen LogP contribution in [0.4, 0.5) is 0 Å². The molecule has 0 aromatic heterocycles. The van der Waals surface area contributed by atoms with Crippen molar-refractivity contribution >= 4 is 17.1 Å². The maximum absolute atomic E-state index is 11.2. The topological polar surface area (TPSA) is 35.5 Å². The first-order chi connectivity index (χ1) is 9.80. The van der Waals surface area contributed by atoms with Crippen LogP contribution in [-0.2, 0) is 0 Å². The lowest BCUT2D eigenvalue weighted by Crippen LogP contribution is -2.00. The van der Waals surface area contributed by atoms with E-state index in [2.05, 4.69) is 6.92 Å². The number of hydrogen-bond donors (Lipinski definition) is 0. The monoisotopic (exact) mass is 272 g/mol. The third-order valence-electron chi connectivity index (χ3n) is 3.02. The number of fused-ring (bicyclic) bond motifs is 1. The highest BCUT2D eigenvalue weighted by Gasteiger charge is 2.09. The van der Waals surface area contributed by atoms with E-state index in [1.807, 2.05) is 37.3 Å². The number of aldehydes is 1. The first-order valence-corrected chi connectivity index (χ1v) is 7.07. The number of ether oxygens (including phenoxy) is 2. The SMILES string of the molecule is CCCOc1cc2c(OCCC)cccc2cc1C=O. The highest BCUT2D eigenvalue weighted by atomic mass is 16.5. The molecular formula is C17H20O3. The fourth-order valence-corrected chi connectivity index (χ4v) is 2.06. The van der Waals surface area contributed by atoms with Crippen LogP contribution >= 0.6 is 0 Å². The van der Waals surface area contributed by atoms with Gasteiger partial charge in [0.05, 0.1) is 18.8 Å². The van der Waals surface area contributed by atoms with E-state index in [-0.39, 0.29) is 0 Å². The van der Waals surface area contributed by atoms with E-state index >= 15 is 0 Å². The molecule has 3 heteroatoms. The van der Waals surface area contributed by atoms with Gasteiger partial charge in [0.2, 0.25) is 0 Å². The molecule has 0 radical (unpaired) electrons. The Hall–Kier alpha value is -2.03. The molecule has 0 atom stereocenters. The molecule has 0 N–H and O–H groups in total. The minimum atomic E-state index is 0.582. The number of hydrogen-bond acceptors (Lipinski definition) is 3. The zero-order valence-corrected chi connectivity index (χ0v) is 12.0. The standard InChI is InChI=1S/C17H20O3/c1-3-8-19-16-7-5-6-13-10-14(12-18)17(11-15(13)16)20-9-4-2/h5-7,10-12H,3-4,8-9H2,1-2H3. The first-order valence-electron chi connectivity index (χ1n) is 7.07. The molecule has 0 heterocycles. The zero-order chi connectivity index (χ0) is 14.4. The Kier molecular flexibility index (Phi) is 4.99. The Morgan fingerprint density at radius 2 is 1.70 bits per heavy atom. The van der Waals surface area contributed by atoms with Gasteiger partial charge in [-0.05, 0) is 36.4 Å². The van der Waals surface area contributed by atoms with E-state index < -0.39 is 0 Å². The molecular weight excluding hydrogens is 252 g/mol. The van der Waals surface area contributed by atoms with Crippen LogP contribution in [0.15, 0.2) is 30.3 Å². The molecule has 0 spiro atoms. The van der Waals surface area contributed by atoms with Gasteiger partial charge in [0.15, 0.2) is 6.29 Å². The summed E-state index contributed by atoms with van der Waals surface area (Å²) in [5.74, 6) is 1.46. The van der Waals surface area contributed by atoms with Crippen LogP contribution in [0.5, 0.6) is 11.5 Å². The summed E-state index contributed by atoms with van der Waals surface area (Å²) in [5.41, 5.74) is 0.582. The molecule has 106 valence electrons. The molecule has 3 nitrogen and oxygen atoms in total. The normalized spacial score (nSPS) is 10.5. The molecule has 2 rings (SSSR count). The van der Waals surface area contributed by atoms with Gasteiger partial charge in [-0.3, -0.25) is 4.79 Å². The van der Waals surface area contributed by atoms with Crippen molar-refractivity contribution in [1.82, 2.24) is 0 Å². The van der Waals surface area contributed by atoms with Crippen LogP contribution < -0.4 is 9.47 Å². The number of carbonyl (C=O) groups is 1. The second-order valence-corrected chi connectivity index (χ2v) is 4.68. The van der Waals surface area contributed by atoms with E-state index in [0.29, 0.717) is 24.5 Å². The molecule has 0 amide bonds. The van der Waals surface area contributed by atoms with Gasteiger partial charge in [0.1, 0.15) is 11.5 Å². The third-order valence-corrected chi connectivity index (χ3v) is 3.02. The maximum Gasteiger partial charge on any atom is 0.153 e. The molecule has 0 fully saturated rings. The van der Waals surface area contributed by atoms with Crippen LogP contribution in [0.25, 0.3) is 10.8 Å². The average molecular weight is 272 g/mol. The number of benzene rings is 2. The van der Waals surface area contributed by atoms with E-state index in [0.717, 1.165) is 35.6 Å². The minimum Gasteiger partial charge on any atom is -0.493 e. The Balaban J connectivity index is 2.47. The largest absolute Gasteiger partial charge is 0.493 e. The fraction of sp³-hybridized carbons (Fsp3) is 0.353. The molecule has 0 saturated heterocycles. The van der Waals surface area contributed by atoms with Gasteiger partial charge >= 0.3 is 0 Å². The van der Waals surface area contributed by atoms with Crippen LogP contribution in [0.2, 0.25) is 0 Å². The third kappa shape index (κ3) is 3.10. The molecule has 0 saturated carbocycles. The Morgan fingerprint density at radius 3 is 2.35 bits per heavy atom. The molecule has 2 aromatic carbocycles. The quantitative estimate of drug-likeness (QED) is 0.707. The van der Waals surface area contributed by atoms with Crippen molar-refractivity contribution < 1.29 is 14.3 Å². The summed E-state index contributed by atoms with van der Waals surface area (Å²) in [6, 6.07) is 9.62. The molecule has 0 bridgehead atoms. The Labute approximate surface area is 119 Å². The molecule has 0 aliphatic rings. The Morgan fingerprint density at radius 1 is 1.00 bits per heavy atom. The van der Waals surface area contributed by atoms with Crippen LogP contribution in [0.1, 0.15) is 37.0 Å². The zero-order valence-electron chi connectivity index (χ0n) is 12.0. The lowest BCUT2D eigenvalue weighted by atomic mass is 10.1. The lowest BCUT2D eigenvalue weighted by molar-refractivity contribution is 0.111. The predicted molar refractivity (Wildman–Crippen MR) is 80.9 cm³/mol. The predicted octanol–water partition coefficient (Wildman–Crippen LogP) is 4.23. The van der Waals surface area contributed by atoms with Gasteiger partial charge in [0, 0.05) is 5.39 Å². The smallest absolute Gasteiger partial charge is 0.153 e. The Bertz CT molecular complexity index is 590. The van der Waals surface area contributed by atoms with Gasteiger partial charge in [-0.2, -0.15) is 0 Å². The van der Waals surface area contributed by atoms with Crippen molar-refractivity contribution in [2.45, 2.75) is 26.7 Å². The number of rotatable bonds is 7. The van der Waals surface area contributed by atoms with Crippen LogP contribution in [0, 0.1) is 0 Å². The fourth-order valence-electron chi connectivity index (χ4n) is 2.06. The highest BCUT2D eigenvalue weighted by molar-refractivity contribution is 5.95. The van der Waals surface area contributed by atoms with Crippen LogP contribution in [0.3, 0.4) is 0 Å². The summed E-state index contributed by atoms with van der Waals surface area (Å²) in [4.78, 5) is 11.2. The molecule has 0 unspecified atom stereocenters. The minimum absolute atomic E-state index is 0.582. The maximum atomic E-state index is 11.2. The summed E-state index contributed by atoms with van der Waals surface area (Å²) >= 11 is 0. The summed E-state index contributed by atoms with van der Waals surface area (Å²) in [5, 5.41) is 1.97. The van der Waals surface area contributed by atoms with Crippen molar-refractivity contribution in [3.05, 3.63) is 35.9 Å². The average Bonchev–Trinajstić information content (AvgIpc) is 2.49. The summed E-state index contributed by atoms with van der Waals surface area (Å²) in [7, 11) is 0. The van der Waals surface area contributed by atoms with Gasteiger partial charge in [-0.25, -0.2) is 0 Å². The molecule has 0 aliphatic heterocycles. The van der Waals surface area contributed by atoms with E-state index in [9.17, 15) is 4.79 Å². The van der Waals surface area contributed by atoms with Gasteiger partial charge < -0.3 is 9.47 Å². The van der Waals surface area contributed by atoms with E-state index in [4.69, 9.17) is 9.47 Å². The summed E-state index contributed by atoms with van der Waals surface area (Å²) < 4.78 is 11.4. The van der Waals surface area contributed by atoms with E-state index in [1.165, 1.54) is 0 Å². The van der Waals surface area contributed by atoms with Gasteiger partial charge in [0.25, 0.3) is 0 Å². The van der Waals surface area contributed by atoms with Gasteiger partial charge in [-0.1, -0.05) is 26.0 Å². The lowest BCUT2D eigenvalue weighted by Gasteiger charge is -2.12. The number of carbonyl (C=O) groups excluding carboxylic acids is 1. The summed E-state index contributed by atoms with van der Waals surface area (Å²) in [6.07, 6.45) is 2.70. The second-order valence-electron chi connectivity index (χ2n) is 4.68. The highest BCUT2D eigenvalue weighted by Crippen LogP contribution is 2.31. The van der Waals surface area contributed by atoms with E-state index in [1.54, 1.807) is 0 Å². The van der Waals surface area contributed by atoms with Gasteiger partial charge in [-0.15, -0.1) is 0 Å². The van der Waals surface area contributed by atoms with Crippen molar-refractivity contribution in [2.24, 2.45) is 0 Å². The second kappa shape index (κ2) is 6.94. The van der Waals surface area contributed by atoms with Crippen LogP contribution in [-0.4, -0.2) is 19.5 Å².